The first kappa shape index (κ1) is 10.8. The average Bonchev–Trinajstić information content (AvgIpc) is 2.40. The lowest BCUT2D eigenvalue weighted by atomic mass is 9.74. The van der Waals surface area contributed by atoms with E-state index in [1.54, 1.807) is 0 Å². The van der Waals surface area contributed by atoms with Gasteiger partial charge in [-0.15, -0.1) is 0 Å². The Labute approximate surface area is 103 Å². The van der Waals surface area contributed by atoms with Crippen molar-refractivity contribution in [1.29, 1.82) is 0 Å². The van der Waals surface area contributed by atoms with Crippen molar-refractivity contribution in [1.82, 2.24) is 4.90 Å². The van der Waals surface area contributed by atoms with Crippen molar-refractivity contribution in [2.24, 2.45) is 4.99 Å². The van der Waals surface area contributed by atoms with Crippen LogP contribution in [-0.4, -0.2) is 30.4 Å². The summed E-state index contributed by atoms with van der Waals surface area (Å²) in [7, 11) is 0. The third-order valence-corrected chi connectivity index (χ3v) is 4.16. The van der Waals surface area contributed by atoms with Crippen LogP contribution in [0.3, 0.4) is 0 Å². The molecule has 1 atom stereocenters. The van der Waals surface area contributed by atoms with Gasteiger partial charge < -0.3 is 4.90 Å². The topological polar surface area (TPSA) is 15.6 Å². The molecule has 2 heterocycles. The van der Waals surface area contributed by atoms with Crippen molar-refractivity contribution in [2.45, 2.75) is 31.6 Å². The summed E-state index contributed by atoms with van der Waals surface area (Å²) in [6.07, 6.45) is 3.73. The third kappa shape index (κ3) is 1.76. The molecule has 2 aliphatic heterocycles. The van der Waals surface area contributed by atoms with E-state index in [9.17, 15) is 0 Å². The highest BCUT2D eigenvalue weighted by Gasteiger charge is 2.39. The van der Waals surface area contributed by atoms with Gasteiger partial charge in [-0.3, -0.25) is 4.99 Å². The van der Waals surface area contributed by atoms with Gasteiger partial charge in [0.25, 0.3) is 0 Å². The van der Waals surface area contributed by atoms with Gasteiger partial charge in [0.2, 0.25) is 0 Å². The molecule has 17 heavy (non-hydrogen) atoms. The number of amidine groups is 1. The Bertz CT molecular complexity index is 424. The Morgan fingerprint density at radius 2 is 1.88 bits per heavy atom. The Morgan fingerprint density at radius 3 is 2.71 bits per heavy atom. The molecule has 2 heteroatoms. The second kappa shape index (κ2) is 4.17. The van der Waals surface area contributed by atoms with Crippen LogP contribution >= 0.6 is 0 Å². The summed E-state index contributed by atoms with van der Waals surface area (Å²) in [5, 5.41) is 0. The number of nitrogens with zero attached hydrogens (tertiary/aromatic N) is 2. The van der Waals surface area contributed by atoms with E-state index in [1.165, 1.54) is 43.8 Å². The van der Waals surface area contributed by atoms with Gasteiger partial charge in [-0.05, 0) is 31.7 Å². The standard InChI is InChI=1S/C15H20N2/c1-15(13-7-3-2-4-8-13)9-5-11-17-12-6-10-16-14(15)17/h2-4,7-8H,5-6,9-12H2,1H3. The lowest BCUT2D eigenvalue weighted by molar-refractivity contribution is 0.298. The fourth-order valence-corrected chi connectivity index (χ4v) is 3.21. The van der Waals surface area contributed by atoms with Crippen LogP contribution in [-0.2, 0) is 5.41 Å². The molecule has 0 saturated carbocycles. The predicted octanol–water partition coefficient (Wildman–Crippen LogP) is 2.84. The summed E-state index contributed by atoms with van der Waals surface area (Å²) in [4.78, 5) is 7.32. The van der Waals surface area contributed by atoms with Crippen LogP contribution in [0.25, 0.3) is 0 Å². The van der Waals surface area contributed by atoms with Crippen molar-refractivity contribution >= 4 is 5.84 Å². The molecular weight excluding hydrogens is 208 g/mol. The molecule has 90 valence electrons. The van der Waals surface area contributed by atoms with Crippen LogP contribution in [0.4, 0.5) is 0 Å². The summed E-state index contributed by atoms with van der Waals surface area (Å²) < 4.78 is 0. The van der Waals surface area contributed by atoms with Gasteiger partial charge in [0.1, 0.15) is 5.84 Å². The van der Waals surface area contributed by atoms with Crippen LogP contribution < -0.4 is 0 Å². The second-order valence-corrected chi connectivity index (χ2v) is 5.35. The zero-order valence-corrected chi connectivity index (χ0v) is 10.5. The molecule has 1 aromatic rings. The zero-order valence-electron chi connectivity index (χ0n) is 10.5. The van der Waals surface area contributed by atoms with Crippen LogP contribution in [0, 0.1) is 0 Å². The van der Waals surface area contributed by atoms with Gasteiger partial charge in [0, 0.05) is 25.0 Å². The minimum absolute atomic E-state index is 0.139. The molecule has 0 aliphatic carbocycles. The van der Waals surface area contributed by atoms with E-state index in [1.807, 2.05) is 0 Å². The number of fused-ring (bicyclic) bond motifs is 1. The highest BCUT2D eigenvalue weighted by molar-refractivity contribution is 5.93. The number of hydrogen-bond acceptors (Lipinski definition) is 2. The first-order chi connectivity index (χ1) is 8.31. The highest BCUT2D eigenvalue weighted by Crippen LogP contribution is 2.36. The molecule has 0 bridgehead atoms. The molecule has 0 N–H and O–H groups in total. The fourth-order valence-electron chi connectivity index (χ4n) is 3.21. The van der Waals surface area contributed by atoms with Gasteiger partial charge in [0.15, 0.2) is 0 Å². The van der Waals surface area contributed by atoms with Crippen LogP contribution in [0.2, 0.25) is 0 Å². The molecule has 0 amide bonds. The molecule has 3 rings (SSSR count). The maximum Gasteiger partial charge on any atom is 0.109 e. The Balaban J connectivity index is 2.02. The van der Waals surface area contributed by atoms with E-state index in [4.69, 9.17) is 4.99 Å². The maximum absolute atomic E-state index is 4.82. The Morgan fingerprint density at radius 1 is 1.12 bits per heavy atom. The van der Waals surface area contributed by atoms with Crippen molar-refractivity contribution in [2.75, 3.05) is 19.6 Å². The van der Waals surface area contributed by atoms with Crippen LogP contribution in [0.1, 0.15) is 31.7 Å². The molecule has 0 aromatic heterocycles. The smallest absolute Gasteiger partial charge is 0.109 e. The third-order valence-electron chi connectivity index (χ3n) is 4.16. The summed E-state index contributed by atoms with van der Waals surface area (Å²) in [6.45, 7) is 5.76. The van der Waals surface area contributed by atoms with E-state index >= 15 is 0 Å². The molecular formula is C15H20N2. The van der Waals surface area contributed by atoms with E-state index in [0.29, 0.717) is 0 Å². The van der Waals surface area contributed by atoms with E-state index in [0.717, 1.165) is 6.54 Å². The molecule has 1 fully saturated rings. The zero-order chi connectivity index (χ0) is 11.7. The minimum atomic E-state index is 0.139. The van der Waals surface area contributed by atoms with E-state index < -0.39 is 0 Å². The number of benzene rings is 1. The van der Waals surface area contributed by atoms with Crippen molar-refractivity contribution in [3.05, 3.63) is 35.9 Å². The van der Waals surface area contributed by atoms with E-state index in [-0.39, 0.29) is 5.41 Å². The fraction of sp³-hybridized carbons (Fsp3) is 0.533. The highest BCUT2D eigenvalue weighted by atomic mass is 15.2. The van der Waals surface area contributed by atoms with Crippen molar-refractivity contribution in [3.63, 3.8) is 0 Å². The van der Waals surface area contributed by atoms with Gasteiger partial charge in [-0.2, -0.15) is 0 Å². The number of rotatable bonds is 1. The molecule has 0 spiro atoms. The van der Waals surface area contributed by atoms with Crippen LogP contribution in [0.5, 0.6) is 0 Å². The normalized spacial score (nSPS) is 28.5. The number of aliphatic imine (C=N–C) groups is 1. The van der Waals surface area contributed by atoms with Crippen LogP contribution in [0.15, 0.2) is 35.3 Å². The van der Waals surface area contributed by atoms with Crippen molar-refractivity contribution < 1.29 is 0 Å². The SMILES string of the molecule is CC1(c2ccccc2)CCCN2CCCN=C21. The summed E-state index contributed by atoms with van der Waals surface area (Å²) in [6, 6.07) is 10.9. The number of piperidine rings is 1. The molecule has 1 saturated heterocycles. The Kier molecular flexibility index (Phi) is 2.65. The first-order valence-corrected chi connectivity index (χ1v) is 6.66. The van der Waals surface area contributed by atoms with Gasteiger partial charge >= 0.3 is 0 Å². The predicted molar refractivity (Wildman–Crippen MR) is 71.5 cm³/mol. The number of hydrogen-bond donors (Lipinski definition) is 0. The van der Waals surface area contributed by atoms with Gasteiger partial charge in [-0.1, -0.05) is 30.3 Å². The second-order valence-electron chi connectivity index (χ2n) is 5.35. The monoisotopic (exact) mass is 228 g/mol. The lowest BCUT2D eigenvalue weighted by Crippen LogP contribution is -2.52. The quantitative estimate of drug-likeness (QED) is 0.721. The molecule has 2 aliphatic rings. The summed E-state index contributed by atoms with van der Waals surface area (Å²) in [5.41, 5.74) is 1.56. The Hall–Kier alpha value is -1.31. The first-order valence-electron chi connectivity index (χ1n) is 6.66. The van der Waals surface area contributed by atoms with E-state index in [2.05, 4.69) is 42.2 Å². The van der Waals surface area contributed by atoms with Crippen molar-refractivity contribution in [3.8, 4) is 0 Å². The maximum atomic E-state index is 4.82. The minimum Gasteiger partial charge on any atom is -0.360 e. The summed E-state index contributed by atoms with van der Waals surface area (Å²) in [5.74, 6) is 1.33. The van der Waals surface area contributed by atoms with Gasteiger partial charge in [0.05, 0.1) is 0 Å². The molecule has 1 aromatic carbocycles. The largest absolute Gasteiger partial charge is 0.360 e. The molecule has 1 unspecified atom stereocenters. The molecule has 2 nitrogen and oxygen atoms in total. The molecule has 0 radical (unpaired) electrons. The van der Waals surface area contributed by atoms with Gasteiger partial charge in [-0.25, -0.2) is 0 Å². The average molecular weight is 228 g/mol. The lowest BCUT2D eigenvalue weighted by Gasteiger charge is -2.45. The summed E-state index contributed by atoms with van der Waals surface area (Å²) >= 11 is 0.